The summed E-state index contributed by atoms with van der Waals surface area (Å²) in [6.07, 6.45) is 2.12. The molecule has 0 aliphatic carbocycles. The molecule has 1 N–H and O–H groups in total. The molecule has 1 heterocycles. The van der Waals surface area contributed by atoms with Gasteiger partial charge in [0.2, 0.25) is 0 Å². The van der Waals surface area contributed by atoms with Gasteiger partial charge in [-0.05, 0) is 30.5 Å². The molecule has 1 aromatic heterocycles. The van der Waals surface area contributed by atoms with E-state index < -0.39 is 0 Å². The highest BCUT2D eigenvalue weighted by Gasteiger charge is 2.06. The van der Waals surface area contributed by atoms with E-state index in [1.165, 1.54) is 22.0 Å². The van der Waals surface area contributed by atoms with E-state index in [2.05, 4.69) is 50.2 Å². The first-order valence-corrected chi connectivity index (χ1v) is 4.76. The summed E-state index contributed by atoms with van der Waals surface area (Å²) in [6, 6.07) is 6.54. The molecule has 0 atom stereocenters. The number of aromatic amines is 1. The maximum atomic E-state index is 3.30. The standard InChI is InChI=1S/C12H15N.H2/c1-8(2)11-7-13-12-5-4-9(3)6-10(11)12;/h4-8,13H,1-3H3;1H. The van der Waals surface area contributed by atoms with Gasteiger partial charge in [-0.25, -0.2) is 0 Å². The molecule has 0 saturated carbocycles. The molecule has 2 aromatic rings. The number of nitrogens with one attached hydrogen (secondary N) is 1. The lowest BCUT2D eigenvalue weighted by Gasteiger charge is -2.02. The Balaban J connectivity index is 0.000000980. The fourth-order valence-corrected chi connectivity index (χ4v) is 1.73. The molecule has 0 bridgehead atoms. The summed E-state index contributed by atoms with van der Waals surface area (Å²) in [5.74, 6) is 0.593. The molecule has 0 saturated heterocycles. The Morgan fingerprint density at radius 3 is 2.77 bits per heavy atom. The molecule has 0 fully saturated rings. The van der Waals surface area contributed by atoms with Crippen LogP contribution in [-0.4, -0.2) is 4.98 Å². The molecule has 70 valence electrons. The van der Waals surface area contributed by atoms with Gasteiger partial charge >= 0.3 is 0 Å². The van der Waals surface area contributed by atoms with E-state index in [1.54, 1.807) is 0 Å². The summed E-state index contributed by atoms with van der Waals surface area (Å²) in [4.78, 5) is 3.30. The van der Waals surface area contributed by atoms with Gasteiger partial charge < -0.3 is 4.98 Å². The Kier molecular flexibility index (Phi) is 1.87. The number of hydrogen-bond donors (Lipinski definition) is 1. The minimum Gasteiger partial charge on any atom is -0.361 e. The summed E-state index contributed by atoms with van der Waals surface area (Å²) in [7, 11) is 0. The number of hydrogen-bond acceptors (Lipinski definition) is 0. The predicted octanol–water partition coefficient (Wildman–Crippen LogP) is 3.85. The van der Waals surface area contributed by atoms with Crippen LogP contribution >= 0.6 is 0 Å². The van der Waals surface area contributed by atoms with Crippen molar-refractivity contribution in [1.82, 2.24) is 4.98 Å². The monoisotopic (exact) mass is 175 g/mol. The molecule has 0 amide bonds. The normalized spacial score (nSPS) is 11.4. The number of benzene rings is 1. The van der Waals surface area contributed by atoms with E-state index >= 15 is 0 Å². The number of aryl methyl sites for hydroxylation is 1. The quantitative estimate of drug-likeness (QED) is 0.677. The molecule has 1 heteroatoms. The minimum atomic E-state index is 0. The van der Waals surface area contributed by atoms with Crippen molar-refractivity contribution in [2.75, 3.05) is 0 Å². The Hall–Kier alpha value is -1.24. The van der Waals surface area contributed by atoms with Crippen LogP contribution in [0.5, 0.6) is 0 Å². The van der Waals surface area contributed by atoms with Crippen LogP contribution < -0.4 is 0 Å². The highest BCUT2D eigenvalue weighted by molar-refractivity contribution is 5.84. The van der Waals surface area contributed by atoms with Crippen LogP contribution in [0.2, 0.25) is 0 Å². The number of rotatable bonds is 1. The van der Waals surface area contributed by atoms with Crippen molar-refractivity contribution < 1.29 is 1.43 Å². The first-order chi connectivity index (χ1) is 6.18. The third-order valence-corrected chi connectivity index (χ3v) is 2.49. The van der Waals surface area contributed by atoms with Crippen molar-refractivity contribution in [3.8, 4) is 0 Å². The molecule has 0 aliphatic heterocycles. The topological polar surface area (TPSA) is 15.8 Å². The van der Waals surface area contributed by atoms with Crippen molar-refractivity contribution in [1.29, 1.82) is 0 Å². The zero-order valence-electron chi connectivity index (χ0n) is 8.39. The van der Waals surface area contributed by atoms with E-state index in [1.807, 2.05) is 0 Å². The summed E-state index contributed by atoms with van der Waals surface area (Å²) in [5, 5.41) is 1.37. The van der Waals surface area contributed by atoms with Crippen LogP contribution in [0.15, 0.2) is 24.4 Å². The van der Waals surface area contributed by atoms with E-state index in [9.17, 15) is 0 Å². The van der Waals surface area contributed by atoms with Gasteiger partial charge in [0.25, 0.3) is 0 Å². The number of fused-ring (bicyclic) bond motifs is 1. The molecular weight excluding hydrogens is 158 g/mol. The fourth-order valence-electron chi connectivity index (χ4n) is 1.73. The molecule has 13 heavy (non-hydrogen) atoms. The maximum Gasteiger partial charge on any atom is 0.0457 e. The maximum absolute atomic E-state index is 3.30. The SMILES string of the molecule is Cc1ccc2[nH]cc(C(C)C)c2c1.[HH]. The van der Waals surface area contributed by atoms with Crippen molar-refractivity contribution in [3.05, 3.63) is 35.5 Å². The van der Waals surface area contributed by atoms with Gasteiger partial charge in [-0.1, -0.05) is 25.5 Å². The lowest BCUT2D eigenvalue weighted by atomic mass is 10.0. The van der Waals surface area contributed by atoms with Crippen LogP contribution in [0.3, 0.4) is 0 Å². The summed E-state index contributed by atoms with van der Waals surface area (Å²) in [5.41, 5.74) is 3.99. The second-order valence-electron chi connectivity index (χ2n) is 3.95. The van der Waals surface area contributed by atoms with Gasteiger partial charge in [-0.2, -0.15) is 0 Å². The van der Waals surface area contributed by atoms with Gasteiger partial charge in [-0.15, -0.1) is 0 Å². The summed E-state index contributed by atoms with van der Waals surface area (Å²) >= 11 is 0. The molecule has 2 rings (SSSR count). The highest BCUT2D eigenvalue weighted by Crippen LogP contribution is 2.25. The lowest BCUT2D eigenvalue weighted by Crippen LogP contribution is -1.83. The lowest BCUT2D eigenvalue weighted by molar-refractivity contribution is 0.875. The Morgan fingerprint density at radius 1 is 1.31 bits per heavy atom. The van der Waals surface area contributed by atoms with Gasteiger partial charge in [0.05, 0.1) is 0 Å². The number of H-pyrrole nitrogens is 1. The van der Waals surface area contributed by atoms with Crippen LogP contribution in [0.25, 0.3) is 10.9 Å². The van der Waals surface area contributed by atoms with Crippen LogP contribution in [0, 0.1) is 6.92 Å². The van der Waals surface area contributed by atoms with Crippen molar-refractivity contribution in [3.63, 3.8) is 0 Å². The number of aromatic nitrogens is 1. The third kappa shape index (κ3) is 1.35. The van der Waals surface area contributed by atoms with Crippen molar-refractivity contribution in [2.45, 2.75) is 26.7 Å². The molecule has 0 radical (unpaired) electrons. The smallest absolute Gasteiger partial charge is 0.0457 e. The fraction of sp³-hybridized carbons (Fsp3) is 0.333. The second kappa shape index (κ2) is 2.91. The van der Waals surface area contributed by atoms with Crippen LogP contribution in [-0.2, 0) is 0 Å². The Labute approximate surface area is 80.3 Å². The minimum absolute atomic E-state index is 0. The van der Waals surface area contributed by atoms with E-state index in [-0.39, 0.29) is 1.43 Å². The summed E-state index contributed by atoms with van der Waals surface area (Å²) < 4.78 is 0. The molecule has 1 aromatic carbocycles. The largest absolute Gasteiger partial charge is 0.361 e. The molecule has 0 aliphatic rings. The average molecular weight is 175 g/mol. The third-order valence-electron chi connectivity index (χ3n) is 2.49. The van der Waals surface area contributed by atoms with Gasteiger partial charge in [-0.3, -0.25) is 0 Å². The van der Waals surface area contributed by atoms with E-state index in [4.69, 9.17) is 0 Å². The van der Waals surface area contributed by atoms with Gasteiger partial charge in [0.15, 0.2) is 0 Å². The molecular formula is C12H17N. The van der Waals surface area contributed by atoms with Crippen LogP contribution in [0.4, 0.5) is 0 Å². The first kappa shape index (κ1) is 8.36. The molecule has 0 unspecified atom stereocenters. The zero-order valence-corrected chi connectivity index (χ0v) is 8.39. The first-order valence-electron chi connectivity index (χ1n) is 4.76. The zero-order chi connectivity index (χ0) is 9.42. The Morgan fingerprint density at radius 2 is 2.08 bits per heavy atom. The Bertz CT molecular complexity index is 429. The summed E-state index contributed by atoms with van der Waals surface area (Å²) in [6.45, 7) is 6.59. The van der Waals surface area contributed by atoms with E-state index in [0.29, 0.717) is 5.92 Å². The van der Waals surface area contributed by atoms with Gasteiger partial charge in [0.1, 0.15) is 0 Å². The molecule has 0 spiro atoms. The average Bonchev–Trinajstić information content (AvgIpc) is 2.46. The van der Waals surface area contributed by atoms with E-state index in [0.717, 1.165) is 0 Å². The molecule has 1 nitrogen and oxygen atoms in total. The second-order valence-corrected chi connectivity index (χ2v) is 3.95. The predicted molar refractivity (Wildman–Crippen MR) is 59.2 cm³/mol. The van der Waals surface area contributed by atoms with Gasteiger partial charge in [0, 0.05) is 18.5 Å². The van der Waals surface area contributed by atoms with Crippen molar-refractivity contribution in [2.24, 2.45) is 0 Å². The van der Waals surface area contributed by atoms with Crippen LogP contribution in [0.1, 0.15) is 32.3 Å². The van der Waals surface area contributed by atoms with Crippen molar-refractivity contribution >= 4 is 10.9 Å². The highest BCUT2D eigenvalue weighted by atomic mass is 14.7.